The molecule has 1 aromatic carbocycles. The Labute approximate surface area is 127 Å². The van der Waals surface area contributed by atoms with Crippen molar-refractivity contribution in [1.29, 1.82) is 0 Å². The summed E-state index contributed by atoms with van der Waals surface area (Å²) in [6, 6.07) is 4.50. The lowest BCUT2D eigenvalue weighted by atomic mass is 10.1. The van der Waals surface area contributed by atoms with Gasteiger partial charge in [-0.05, 0) is 44.9 Å². The van der Waals surface area contributed by atoms with E-state index in [0.717, 1.165) is 41.9 Å². The maximum atomic E-state index is 13.4. The molecule has 0 fully saturated rings. The standard InChI is InChI=1S/C16H17FN4O/c1-10-13(11(2)22-21-10)4-3-7-18-16-14-8-12(17)5-6-15(14)19-9-20-16/h5-6,8-9H,3-4,7H2,1-2H3,(H,18,19,20). The van der Waals surface area contributed by atoms with E-state index in [-0.39, 0.29) is 5.82 Å². The van der Waals surface area contributed by atoms with Crippen molar-refractivity contribution < 1.29 is 8.91 Å². The van der Waals surface area contributed by atoms with Crippen molar-refractivity contribution in [1.82, 2.24) is 15.1 Å². The molecule has 0 spiro atoms. The molecule has 0 aliphatic carbocycles. The van der Waals surface area contributed by atoms with Gasteiger partial charge >= 0.3 is 0 Å². The molecule has 0 unspecified atom stereocenters. The molecule has 2 aromatic heterocycles. The summed E-state index contributed by atoms with van der Waals surface area (Å²) < 4.78 is 18.5. The third kappa shape index (κ3) is 2.90. The lowest BCUT2D eigenvalue weighted by Gasteiger charge is -2.08. The van der Waals surface area contributed by atoms with Gasteiger partial charge in [0.15, 0.2) is 0 Å². The second kappa shape index (κ2) is 6.09. The van der Waals surface area contributed by atoms with Crippen LogP contribution in [0.15, 0.2) is 29.0 Å². The molecule has 1 N–H and O–H groups in total. The number of nitrogens with one attached hydrogen (secondary N) is 1. The van der Waals surface area contributed by atoms with E-state index in [4.69, 9.17) is 4.52 Å². The number of rotatable bonds is 5. The minimum atomic E-state index is -0.291. The number of aromatic nitrogens is 3. The van der Waals surface area contributed by atoms with Gasteiger partial charge in [-0.1, -0.05) is 5.16 Å². The number of anilines is 1. The van der Waals surface area contributed by atoms with Crippen LogP contribution in [0, 0.1) is 19.7 Å². The molecule has 5 nitrogen and oxygen atoms in total. The van der Waals surface area contributed by atoms with Crippen molar-refractivity contribution in [2.45, 2.75) is 26.7 Å². The van der Waals surface area contributed by atoms with Crippen LogP contribution in [0.25, 0.3) is 10.9 Å². The number of halogens is 1. The Kier molecular flexibility index (Phi) is 4.00. The largest absolute Gasteiger partial charge is 0.369 e. The first-order valence-corrected chi connectivity index (χ1v) is 7.21. The second-order valence-electron chi connectivity index (χ2n) is 5.22. The summed E-state index contributed by atoms with van der Waals surface area (Å²) in [4.78, 5) is 8.33. The van der Waals surface area contributed by atoms with Crippen molar-refractivity contribution in [3.8, 4) is 0 Å². The van der Waals surface area contributed by atoms with Gasteiger partial charge in [0.2, 0.25) is 0 Å². The van der Waals surface area contributed by atoms with Crippen LogP contribution in [0.2, 0.25) is 0 Å². The van der Waals surface area contributed by atoms with E-state index in [1.807, 2.05) is 13.8 Å². The molecular formula is C16H17FN4O. The van der Waals surface area contributed by atoms with E-state index in [1.165, 1.54) is 18.5 Å². The zero-order valence-electron chi connectivity index (χ0n) is 12.6. The summed E-state index contributed by atoms with van der Waals surface area (Å²) in [6.07, 6.45) is 3.27. The molecule has 0 radical (unpaired) electrons. The molecule has 0 atom stereocenters. The quantitative estimate of drug-likeness (QED) is 0.731. The fourth-order valence-electron chi connectivity index (χ4n) is 2.50. The number of fused-ring (bicyclic) bond motifs is 1. The Hall–Kier alpha value is -2.50. The number of nitrogens with zero attached hydrogens (tertiary/aromatic N) is 3. The van der Waals surface area contributed by atoms with Gasteiger partial charge in [-0.3, -0.25) is 0 Å². The molecule has 3 rings (SSSR count). The highest BCUT2D eigenvalue weighted by Crippen LogP contribution is 2.20. The molecule has 22 heavy (non-hydrogen) atoms. The summed E-state index contributed by atoms with van der Waals surface area (Å²) >= 11 is 0. The maximum Gasteiger partial charge on any atom is 0.137 e. The first-order chi connectivity index (χ1) is 10.6. The van der Waals surface area contributed by atoms with Crippen molar-refractivity contribution in [2.75, 3.05) is 11.9 Å². The monoisotopic (exact) mass is 300 g/mol. The summed E-state index contributed by atoms with van der Waals surface area (Å²) in [5, 5.41) is 7.89. The summed E-state index contributed by atoms with van der Waals surface area (Å²) in [6.45, 7) is 4.59. The van der Waals surface area contributed by atoms with Gasteiger partial charge in [-0.2, -0.15) is 0 Å². The van der Waals surface area contributed by atoms with Gasteiger partial charge in [-0.15, -0.1) is 0 Å². The smallest absolute Gasteiger partial charge is 0.137 e. The van der Waals surface area contributed by atoms with Crippen LogP contribution < -0.4 is 5.32 Å². The number of hydrogen-bond donors (Lipinski definition) is 1. The number of aryl methyl sites for hydroxylation is 2. The molecule has 114 valence electrons. The van der Waals surface area contributed by atoms with Crippen molar-refractivity contribution in [3.63, 3.8) is 0 Å². The molecule has 2 heterocycles. The molecule has 6 heteroatoms. The Morgan fingerprint density at radius 3 is 2.86 bits per heavy atom. The maximum absolute atomic E-state index is 13.4. The second-order valence-corrected chi connectivity index (χ2v) is 5.22. The van der Waals surface area contributed by atoms with E-state index < -0.39 is 0 Å². The first-order valence-electron chi connectivity index (χ1n) is 7.21. The fourth-order valence-corrected chi connectivity index (χ4v) is 2.50. The zero-order chi connectivity index (χ0) is 15.5. The molecule has 0 amide bonds. The molecule has 0 saturated carbocycles. The minimum Gasteiger partial charge on any atom is -0.369 e. The first kappa shape index (κ1) is 14.4. The van der Waals surface area contributed by atoms with E-state index in [2.05, 4.69) is 20.4 Å². The van der Waals surface area contributed by atoms with Gasteiger partial charge < -0.3 is 9.84 Å². The third-order valence-corrected chi connectivity index (χ3v) is 3.67. The van der Waals surface area contributed by atoms with Crippen molar-refractivity contribution in [3.05, 3.63) is 47.4 Å². The predicted octanol–water partition coefficient (Wildman–Crippen LogP) is 3.42. The molecule has 0 saturated heterocycles. The normalized spacial score (nSPS) is 11.0. The summed E-state index contributed by atoms with van der Waals surface area (Å²) in [5.74, 6) is 1.23. The van der Waals surface area contributed by atoms with Gasteiger partial charge in [0, 0.05) is 17.5 Å². The van der Waals surface area contributed by atoms with Crippen LogP contribution >= 0.6 is 0 Å². The topological polar surface area (TPSA) is 63.8 Å². The molecule has 0 aliphatic heterocycles. The SMILES string of the molecule is Cc1noc(C)c1CCCNc1ncnc2ccc(F)cc12. The van der Waals surface area contributed by atoms with Gasteiger partial charge in [0.1, 0.15) is 23.7 Å². The van der Waals surface area contributed by atoms with Crippen LogP contribution in [0.3, 0.4) is 0 Å². The van der Waals surface area contributed by atoms with Crippen LogP contribution in [0.1, 0.15) is 23.4 Å². The van der Waals surface area contributed by atoms with E-state index in [0.29, 0.717) is 11.2 Å². The Morgan fingerprint density at radius 2 is 2.09 bits per heavy atom. The van der Waals surface area contributed by atoms with E-state index >= 15 is 0 Å². The number of benzene rings is 1. The van der Waals surface area contributed by atoms with Crippen LogP contribution in [0.4, 0.5) is 10.2 Å². The van der Waals surface area contributed by atoms with Crippen molar-refractivity contribution in [2.24, 2.45) is 0 Å². The minimum absolute atomic E-state index is 0.291. The fraction of sp³-hybridized carbons (Fsp3) is 0.312. The highest BCUT2D eigenvalue weighted by Gasteiger charge is 2.09. The number of hydrogen-bond acceptors (Lipinski definition) is 5. The van der Waals surface area contributed by atoms with Gasteiger partial charge in [-0.25, -0.2) is 14.4 Å². The lowest BCUT2D eigenvalue weighted by molar-refractivity contribution is 0.392. The highest BCUT2D eigenvalue weighted by atomic mass is 19.1. The molecular weight excluding hydrogens is 283 g/mol. The molecule has 0 aliphatic rings. The van der Waals surface area contributed by atoms with Crippen molar-refractivity contribution >= 4 is 16.7 Å². The van der Waals surface area contributed by atoms with Gasteiger partial charge in [0.05, 0.1) is 11.2 Å². The van der Waals surface area contributed by atoms with E-state index in [1.54, 1.807) is 6.07 Å². The Morgan fingerprint density at radius 1 is 1.23 bits per heavy atom. The Balaban J connectivity index is 1.66. The van der Waals surface area contributed by atoms with E-state index in [9.17, 15) is 4.39 Å². The van der Waals surface area contributed by atoms with Crippen LogP contribution in [0.5, 0.6) is 0 Å². The summed E-state index contributed by atoms with van der Waals surface area (Å²) in [5.41, 5.74) is 2.82. The predicted molar refractivity (Wildman–Crippen MR) is 82.3 cm³/mol. The molecule has 0 bridgehead atoms. The van der Waals surface area contributed by atoms with Crippen LogP contribution in [-0.4, -0.2) is 21.7 Å². The van der Waals surface area contributed by atoms with Crippen LogP contribution in [-0.2, 0) is 6.42 Å². The summed E-state index contributed by atoms with van der Waals surface area (Å²) in [7, 11) is 0. The average Bonchev–Trinajstić information content (AvgIpc) is 2.83. The van der Waals surface area contributed by atoms with Gasteiger partial charge in [0.25, 0.3) is 0 Å². The zero-order valence-corrected chi connectivity index (χ0v) is 12.6. The third-order valence-electron chi connectivity index (χ3n) is 3.67. The molecule has 3 aromatic rings. The average molecular weight is 300 g/mol. The Bertz CT molecular complexity index is 780. The lowest BCUT2D eigenvalue weighted by Crippen LogP contribution is -2.06. The highest BCUT2D eigenvalue weighted by molar-refractivity contribution is 5.88.